The standard InChI is InChI=1S/C25H21N3O2S/c29-24(26-14-6-10-18-8-2-1-3-9-18)22(28-25(30)23-13-7-15-31-23)16-19-17-27-21-12-5-4-11-20(19)21/h1-5,7-9,11-13,15,17,22,27H,14,16H2,(H,26,29)(H,28,30). The quantitative estimate of drug-likeness (QED) is 0.410. The molecular weight excluding hydrogens is 406 g/mol. The van der Waals surface area contributed by atoms with E-state index < -0.39 is 6.04 Å². The lowest BCUT2D eigenvalue weighted by Gasteiger charge is -2.17. The minimum Gasteiger partial charge on any atom is -0.361 e. The molecule has 2 amide bonds. The topological polar surface area (TPSA) is 74.0 Å². The molecule has 0 aliphatic heterocycles. The summed E-state index contributed by atoms with van der Waals surface area (Å²) in [5.41, 5.74) is 2.85. The zero-order valence-electron chi connectivity index (χ0n) is 16.7. The molecule has 1 atom stereocenters. The summed E-state index contributed by atoms with van der Waals surface area (Å²) in [5, 5.41) is 8.58. The second-order valence-electron chi connectivity index (χ2n) is 6.95. The Kier molecular flexibility index (Phi) is 6.46. The van der Waals surface area contributed by atoms with Crippen molar-refractivity contribution in [2.75, 3.05) is 6.54 Å². The number of thiophene rings is 1. The van der Waals surface area contributed by atoms with Crippen LogP contribution in [-0.4, -0.2) is 29.4 Å². The molecule has 1 unspecified atom stereocenters. The predicted molar refractivity (Wildman–Crippen MR) is 124 cm³/mol. The molecule has 0 fully saturated rings. The Morgan fingerprint density at radius 1 is 1.00 bits per heavy atom. The van der Waals surface area contributed by atoms with Gasteiger partial charge in [0, 0.05) is 29.1 Å². The van der Waals surface area contributed by atoms with Gasteiger partial charge in [0.2, 0.25) is 5.91 Å². The lowest BCUT2D eigenvalue weighted by Crippen LogP contribution is -2.48. The van der Waals surface area contributed by atoms with Crippen LogP contribution in [0.4, 0.5) is 0 Å². The number of carbonyl (C=O) groups excluding carboxylic acids is 2. The highest BCUT2D eigenvalue weighted by molar-refractivity contribution is 7.12. The van der Waals surface area contributed by atoms with E-state index in [1.807, 2.05) is 72.2 Å². The van der Waals surface area contributed by atoms with Crippen LogP contribution in [0.2, 0.25) is 0 Å². The number of aromatic nitrogens is 1. The molecule has 0 spiro atoms. The van der Waals surface area contributed by atoms with Gasteiger partial charge in [-0.25, -0.2) is 0 Å². The highest BCUT2D eigenvalue weighted by Gasteiger charge is 2.23. The fraction of sp³-hybridized carbons (Fsp3) is 0.120. The summed E-state index contributed by atoms with van der Waals surface area (Å²) in [4.78, 5) is 29.3. The van der Waals surface area contributed by atoms with Crippen molar-refractivity contribution in [3.8, 4) is 11.8 Å². The average Bonchev–Trinajstić information content (AvgIpc) is 3.47. The molecule has 2 heterocycles. The molecule has 0 radical (unpaired) electrons. The van der Waals surface area contributed by atoms with Crippen molar-refractivity contribution in [2.24, 2.45) is 0 Å². The molecule has 5 nitrogen and oxygen atoms in total. The van der Waals surface area contributed by atoms with Crippen LogP contribution in [0.3, 0.4) is 0 Å². The maximum atomic E-state index is 12.9. The van der Waals surface area contributed by atoms with Crippen LogP contribution in [0.25, 0.3) is 10.9 Å². The first-order chi connectivity index (χ1) is 15.2. The van der Waals surface area contributed by atoms with E-state index in [1.165, 1.54) is 11.3 Å². The van der Waals surface area contributed by atoms with E-state index >= 15 is 0 Å². The van der Waals surface area contributed by atoms with Crippen molar-refractivity contribution in [2.45, 2.75) is 12.5 Å². The molecular formula is C25H21N3O2S. The van der Waals surface area contributed by atoms with Gasteiger partial charge in [-0.15, -0.1) is 11.3 Å². The first-order valence-corrected chi connectivity index (χ1v) is 10.8. The van der Waals surface area contributed by atoms with Gasteiger partial charge >= 0.3 is 0 Å². The Bertz CT molecular complexity index is 1230. The van der Waals surface area contributed by atoms with Crippen molar-refractivity contribution >= 4 is 34.1 Å². The Balaban J connectivity index is 1.48. The summed E-state index contributed by atoms with van der Waals surface area (Å²) in [7, 11) is 0. The minimum atomic E-state index is -0.715. The Morgan fingerprint density at radius 2 is 1.81 bits per heavy atom. The summed E-state index contributed by atoms with van der Waals surface area (Å²) >= 11 is 1.34. The van der Waals surface area contributed by atoms with Crippen LogP contribution in [0.5, 0.6) is 0 Å². The Hall–Kier alpha value is -3.82. The van der Waals surface area contributed by atoms with E-state index in [2.05, 4.69) is 27.5 Å². The fourth-order valence-corrected chi connectivity index (χ4v) is 3.92. The molecule has 4 aromatic rings. The third-order valence-corrected chi connectivity index (χ3v) is 5.69. The first-order valence-electron chi connectivity index (χ1n) is 9.92. The second-order valence-corrected chi connectivity index (χ2v) is 7.90. The molecule has 0 aliphatic carbocycles. The van der Waals surface area contributed by atoms with Gasteiger partial charge in [-0.3, -0.25) is 9.59 Å². The molecule has 154 valence electrons. The van der Waals surface area contributed by atoms with E-state index in [9.17, 15) is 9.59 Å². The zero-order chi connectivity index (χ0) is 21.5. The fourth-order valence-electron chi connectivity index (χ4n) is 3.29. The van der Waals surface area contributed by atoms with E-state index in [0.717, 1.165) is 22.0 Å². The smallest absolute Gasteiger partial charge is 0.262 e. The van der Waals surface area contributed by atoms with E-state index in [4.69, 9.17) is 0 Å². The predicted octanol–water partition coefficient (Wildman–Crippen LogP) is 3.74. The van der Waals surface area contributed by atoms with Crippen molar-refractivity contribution in [3.63, 3.8) is 0 Å². The summed E-state index contributed by atoms with van der Waals surface area (Å²) < 4.78 is 0. The monoisotopic (exact) mass is 427 g/mol. The molecule has 31 heavy (non-hydrogen) atoms. The SMILES string of the molecule is O=C(NC(Cc1c[nH]c2ccccc12)C(=O)NCC#Cc1ccccc1)c1cccs1. The third-order valence-electron chi connectivity index (χ3n) is 4.82. The number of aromatic amines is 1. The first kappa shape index (κ1) is 20.5. The Labute approximate surface area is 184 Å². The highest BCUT2D eigenvalue weighted by atomic mass is 32.1. The lowest BCUT2D eigenvalue weighted by atomic mass is 10.0. The number of nitrogens with one attached hydrogen (secondary N) is 3. The van der Waals surface area contributed by atoms with Crippen molar-refractivity contribution in [1.29, 1.82) is 0 Å². The van der Waals surface area contributed by atoms with Crippen LogP contribution in [0.1, 0.15) is 20.8 Å². The largest absolute Gasteiger partial charge is 0.361 e. The van der Waals surface area contributed by atoms with Gasteiger partial charge in [-0.05, 0) is 35.2 Å². The molecule has 0 bridgehead atoms. The minimum absolute atomic E-state index is 0.201. The van der Waals surface area contributed by atoms with Crippen molar-refractivity contribution in [1.82, 2.24) is 15.6 Å². The molecule has 6 heteroatoms. The van der Waals surface area contributed by atoms with E-state index in [-0.39, 0.29) is 18.4 Å². The van der Waals surface area contributed by atoms with Crippen LogP contribution in [0, 0.1) is 11.8 Å². The molecule has 2 aromatic carbocycles. The summed E-state index contributed by atoms with van der Waals surface area (Å²) in [6.45, 7) is 0.201. The van der Waals surface area contributed by atoms with Crippen LogP contribution in [0.15, 0.2) is 78.3 Å². The average molecular weight is 428 g/mol. The van der Waals surface area contributed by atoms with Crippen LogP contribution < -0.4 is 10.6 Å². The molecule has 4 rings (SSSR count). The molecule has 0 saturated heterocycles. The van der Waals surface area contributed by atoms with E-state index in [0.29, 0.717) is 11.3 Å². The molecule has 0 aliphatic rings. The maximum absolute atomic E-state index is 12.9. The number of amides is 2. The van der Waals surface area contributed by atoms with Gasteiger partial charge in [0.25, 0.3) is 5.91 Å². The number of hydrogen-bond acceptors (Lipinski definition) is 3. The number of hydrogen-bond donors (Lipinski definition) is 3. The summed E-state index contributed by atoms with van der Waals surface area (Å²) in [6.07, 6.45) is 2.26. The van der Waals surface area contributed by atoms with E-state index in [1.54, 1.807) is 6.07 Å². The Morgan fingerprint density at radius 3 is 2.61 bits per heavy atom. The number of benzene rings is 2. The van der Waals surface area contributed by atoms with Gasteiger partial charge in [0.05, 0.1) is 11.4 Å². The van der Waals surface area contributed by atoms with Gasteiger partial charge in [0.15, 0.2) is 0 Å². The normalized spacial score (nSPS) is 11.4. The van der Waals surface area contributed by atoms with Crippen LogP contribution >= 0.6 is 11.3 Å². The molecule has 3 N–H and O–H groups in total. The van der Waals surface area contributed by atoms with Crippen LogP contribution in [-0.2, 0) is 11.2 Å². The van der Waals surface area contributed by atoms with Crippen molar-refractivity contribution in [3.05, 3.63) is 94.3 Å². The summed E-state index contributed by atoms with van der Waals surface area (Å²) in [6, 6.07) is 20.3. The second kappa shape index (κ2) is 9.79. The summed E-state index contributed by atoms with van der Waals surface area (Å²) in [5.74, 6) is 5.45. The zero-order valence-corrected chi connectivity index (χ0v) is 17.5. The van der Waals surface area contributed by atoms with Crippen molar-refractivity contribution < 1.29 is 9.59 Å². The van der Waals surface area contributed by atoms with Gasteiger partial charge < -0.3 is 15.6 Å². The van der Waals surface area contributed by atoms with Gasteiger partial charge in [-0.1, -0.05) is 54.3 Å². The number of rotatable bonds is 6. The lowest BCUT2D eigenvalue weighted by molar-refractivity contribution is -0.122. The van der Waals surface area contributed by atoms with Gasteiger partial charge in [0.1, 0.15) is 6.04 Å². The maximum Gasteiger partial charge on any atom is 0.262 e. The third kappa shape index (κ3) is 5.21. The van der Waals surface area contributed by atoms with Gasteiger partial charge in [-0.2, -0.15) is 0 Å². The molecule has 0 saturated carbocycles. The number of H-pyrrole nitrogens is 1. The highest BCUT2D eigenvalue weighted by Crippen LogP contribution is 2.19. The number of para-hydroxylation sites is 1. The molecule has 2 aromatic heterocycles. The number of fused-ring (bicyclic) bond motifs is 1. The number of carbonyl (C=O) groups is 2.